The number of hydrogen-bond donors (Lipinski definition) is 3. The number of methoxy groups -OCH3 is 1. The molecule has 0 bridgehead atoms. The summed E-state index contributed by atoms with van der Waals surface area (Å²) in [5, 5.41) is 5.13. The van der Waals surface area contributed by atoms with E-state index in [-0.39, 0.29) is 30.8 Å². The van der Waals surface area contributed by atoms with Gasteiger partial charge in [-0.05, 0) is 18.2 Å². The Bertz CT molecular complexity index is 440. The molecule has 106 valence electrons. The van der Waals surface area contributed by atoms with Crippen LogP contribution >= 0.6 is 12.4 Å². The van der Waals surface area contributed by atoms with Gasteiger partial charge in [0.1, 0.15) is 6.04 Å². The average Bonchev–Trinajstić information content (AvgIpc) is 2.38. The van der Waals surface area contributed by atoms with Gasteiger partial charge in [0.15, 0.2) is 0 Å². The zero-order valence-corrected chi connectivity index (χ0v) is 11.6. The minimum Gasteiger partial charge on any atom is -0.383 e. The first-order valence-corrected chi connectivity index (χ1v) is 5.46. The smallest absolute Gasteiger partial charge is 0.251 e. The number of anilines is 1. The number of rotatable bonds is 5. The van der Waals surface area contributed by atoms with Gasteiger partial charge in [0.2, 0.25) is 5.91 Å². The van der Waals surface area contributed by atoms with Crippen LogP contribution in [-0.2, 0) is 9.53 Å². The van der Waals surface area contributed by atoms with Crippen molar-refractivity contribution in [2.75, 3.05) is 26.1 Å². The number of amides is 2. The highest BCUT2D eigenvalue weighted by Gasteiger charge is 2.13. The van der Waals surface area contributed by atoms with E-state index in [1.165, 1.54) is 7.11 Å². The minimum atomic E-state index is -0.737. The Labute approximate surface area is 118 Å². The molecule has 7 heteroatoms. The number of hydrogen-bond acceptors (Lipinski definition) is 4. The molecule has 0 aliphatic carbocycles. The highest BCUT2D eigenvalue weighted by atomic mass is 35.5. The van der Waals surface area contributed by atoms with E-state index in [9.17, 15) is 9.59 Å². The summed E-state index contributed by atoms with van der Waals surface area (Å²) in [5.41, 5.74) is 6.57. The van der Waals surface area contributed by atoms with E-state index < -0.39 is 6.04 Å². The van der Waals surface area contributed by atoms with Gasteiger partial charge in [-0.1, -0.05) is 6.07 Å². The summed E-state index contributed by atoms with van der Waals surface area (Å²) in [7, 11) is 3.02. The number of halogens is 1. The monoisotopic (exact) mass is 287 g/mol. The zero-order valence-electron chi connectivity index (χ0n) is 10.8. The van der Waals surface area contributed by atoms with Crippen molar-refractivity contribution in [2.45, 2.75) is 6.04 Å². The molecule has 1 rings (SSSR count). The highest BCUT2D eigenvalue weighted by Crippen LogP contribution is 2.10. The fourth-order valence-corrected chi connectivity index (χ4v) is 1.37. The number of nitrogens with two attached hydrogens (primary N) is 1. The van der Waals surface area contributed by atoms with E-state index in [2.05, 4.69) is 10.6 Å². The molecule has 1 unspecified atom stereocenters. The predicted molar refractivity (Wildman–Crippen MR) is 75.6 cm³/mol. The third-order valence-corrected chi connectivity index (χ3v) is 2.30. The number of nitrogens with one attached hydrogen (secondary N) is 2. The Hall–Kier alpha value is -1.63. The molecule has 0 heterocycles. The van der Waals surface area contributed by atoms with Gasteiger partial charge in [-0.2, -0.15) is 0 Å². The van der Waals surface area contributed by atoms with Crippen LogP contribution in [0.15, 0.2) is 24.3 Å². The number of ether oxygens (including phenoxy) is 1. The van der Waals surface area contributed by atoms with Crippen LogP contribution in [0, 0.1) is 0 Å². The minimum absolute atomic E-state index is 0. The summed E-state index contributed by atoms with van der Waals surface area (Å²) in [6.45, 7) is 0.140. The SMILES string of the molecule is CNC(=O)c1cccc(NC(=O)C(N)COC)c1.Cl. The van der Waals surface area contributed by atoms with Crippen molar-refractivity contribution in [1.82, 2.24) is 5.32 Å². The van der Waals surface area contributed by atoms with Gasteiger partial charge in [-0.15, -0.1) is 12.4 Å². The predicted octanol–water partition coefficient (Wildman–Crippen LogP) is 0.380. The van der Waals surface area contributed by atoms with Crippen LogP contribution < -0.4 is 16.4 Å². The standard InChI is InChI=1S/C12H17N3O3.ClH/c1-14-11(16)8-4-3-5-9(6-8)15-12(17)10(13)7-18-2;/h3-6,10H,7,13H2,1-2H3,(H,14,16)(H,15,17);1H. The van der Waals surface area contributed by atoms with Gasteiger partial charge < -0.3 is 21.1 Å². The second-order valence-electron chi connectivity index (χ2n) is 3.71. The molecule has 4 N–H and O–H groups in total. The maximum atomic E-state index is 11.6. The molecule has 0 spiro atoms. The molecule has 0 saturated carbocycles. The van der Waals surface area contributed by atoms with Crippen LogP contribution in [-0.4, -0.2) is 38.6 Å². The molecule has 0 aromatic heterocycles. The summed E-state index contributed by atoms with van der Waals surface area (Å²) in [6, 6.07) is 5.87. The van der Waals surface area contributed by atoms with E-state index in [0.29, 0.717) is 11.3 Å². The van der Waals surface area contributed by atoms with Crippen LogP contribution in [0.1, 0.15) is 10.4 Å². The molecule has 19 heavy (non-hydrogen) atoms. The van der Waals surface area contributed by atoms with Gasteiger partial charge in [0.05, 0.1) is 6.61 Å². The quantitative estimate of drug-likeness (QED) is 0.730. The largest absolute Gasteiger partial charge is 0.383 e. The van der Waals surface area contributed by atoms with Crippen molar-refractivity contribution in [2.24, 2.45) is 5.73 Å². The van der Waals surface area contributed by atoms with Crippen molar-refractivity contribution in [3.05, 3.63) is 29.8 Å². The molecular formula is C12H18ClN3O3. The van der Waals surface area contributed by atoms with Crippen molar-refractivity contribution in [1.29, 1.82) is 0 Å². The Morgan fingerprint density at radius 1 is 1.42 bits per heavy atom. The van der Waals surface area contributed by atoms with Gasteiger partial charge in [0.25, 0.3) is 5.91 Å². The third kappa shape index (κ3) is 5.25. The van der Waals surface area contributed by atoms with Crippen LogP contribution in [0.5, 0.6) is 0 Å². The molecule has 0 radical (unpaired) electrons. The lowest BCUT2D eigenvalue weighted by atomic mass is 10.2. The fourth-order valence-electron chi connectivity index (χ4n) is 1.37. The Balaban J connectivity index is 0.00000324. The lowest BCUT2D eigenvalue weighted by Gasteiger charge is -2.11. The van der Waals surface area contributed by atoms with Crippen molar-refractivity contribution < 1.29 is 14.3 Å². The van der Waals surface area contributed by atoms with E-state index in [4.69, 9.17) is 10.5 Å². The Morgan fingerprint density at radius 3 is 2.68 bits per heavy atom. The fraction of sp³-hybridized carbons (Fsp3) is 0.333. The first-order chi connectivity index (χ1) is 8.58. The molecule has 0 fully saturated rings. The third-order valence-electron chi connectivity index (χ3n) is 2.30. The second-order valence-corrected chi connectivity index (χ2v) is 3.71. The Kier molecular flexibility index (Phi) is 7.74. The lowest BCUT2D eigenvalue weighted by Crippen LogP contribution is -2.39. The zero-order chi connectivity index (χ0) is 13.5. The van der Waals surface area contributed by atoms with Gasteiger partial charge in [-0.3, -0.25) is 9.59 Å². The summed E-state index contributed by atoms with van der Waals surface area (Å²) < 4.78 is 4.79. The number of carbonyl (C=O) groups excluding carboxylic acids is 2. The summed E-state index contributed by atoms with van der Waals surface area (Å²) >= 11 is 0. The van der Waals surface area contributed by atoms with Crippen LogP contribution in [0.3, 0.4) is 0 Å². The van der Waals surface area contributed by atoms with E-state index in [1.807, 2.05) is 0 Å². The molecule has 0 saturated heterocycles. The number of benzene rings is 1. The maximum Gasteiger partial charge on any atom is 0.251 e. The molecule has 1 aromatic carbocycles. The normalized spacial score (nSPS) is 11.1. The van der Waals surface area contributed by atoms with E-state index in [0.717, 1.165) is 0 Å². The Morgan fingerprint density at radius 2 is 2.11 bits per heavy atom. The van der Waals surface area contributed by atoms with E-state index in [1.54, 1.807) is 31.3 Å². The van der Waals surface area contributed by atoms with Crippen molar-refractivity contribution in [3.8, 4) is 0 Å². The molecule has 6 nitrogen and oxygen atoms in total. The first kappa shape index (κ1) is 17.4. The molecule has 1 aromatic rings. The summed E-state index contributed by atoms with van der Waals surface area (Å²) in [6.07, 6.45) is 0. The summed E-state index contributed by atoms with van der Waals surface area (Å²) in [4.78, 5) is 23.1. The summed E-state index contributed by atoms with van der Waals surface area (Å²) in [5.74, 6) is -0.571. The second kappa shape index (κ2) is 8.47. The van der Waals surface area contributed by atoms with Gasteiger partial charge >= 0.3 is 0 Å². The van der Waals surface area contributed by atoms with Gasteiger partial charge in [-0.25, -0.2) is 0 Å². The van der Waals surface area contributed by atoms with Crippen molar-refractivity contribution >= 4 is 29.9 Å². The molecular weight excluding hydrogens is 270 g/mol. The molecule has 2 amide bonds. The van der Waals surface area contributed by atoms with E-state index >= 15 is 0 Å². The topological polar surface area (TPSA) is 93.5 Å². The molecule has 1 atom stereocenters. The number of carbonyl (C=O) groups is 2. The highest BCUT2D eigenvalue weighted by molar-refractivity contribution is 5.98. The first-order valence-electron chi connectivity index (χ1n) is 5.46. The lowest BCUT2D eigenvalue weighted by molar-refractivity contribution is -0.118. The van der Waals surface area contributed by atoms with Crippen molar-refractivity contribution in [3.63, 3.8) is 0 Å². The maximum absolute atomic E-state index is 11.6. The molecule has 0 aliphatic heterocycles. The van der Waals surface area contributed by atoms with Crippen LogP contribution in [0.2, 0.25) is 0 Å². The van der Waals surface area contributed by atoms with Crippen LogP contribution in [0.4, 0.5) is 5.69 Å². The van der Waals surface area contributed by atoms with Crippen LogP contribution in [0.25, 0.3) is 0 Å². The average molecular weight is 288 g/mol. The molecule has 0 aliphatic rings. The van der Waals surface area contributed by atoms with Gasteiger partial charge in [0, 0.05) is 25.4 Å².